The highest BCUT2D eigenvalue weighted by Crippen LogP contribution is 1.97. The quantitative estimate of drug-likeness (QED) is 0.193. The van der Waals surface area contributed by atoms with Crippen LogP contribution < -0.4 is 0 Å². The molecule has 0 fully saturated rings. The van der Waals surface area contributed by atoms with Crippen molar-refractivity contribution in [3.05, 3.63) is 0 Å². The topological polar surface area (TPSA) is 64.6 Å². The van der Waals surface area contributed by atoms with Crippen LogP contribution >= 0.6 is 31.9 Å². The van der Waals surface area contributed by atoms with Crippen LogP contribution in [0.15, 0.2) is 0 Å². The summed E-state index contributed by atoms with van der Waals surface area (Å²) < 4.78 is 5.36. The second kappa shape index (κ2) is 15.7. The maximum atomic E-state index is 5.36. The van der Waals surface area contributed by atoms with Crippen LogP contribution in [0.4, 0.5) is 0 Å². The minimum Gasteiger partial charge on any atom is -0.376 e. The molecule has 0 radical (unpaired) electrons. The van der Waals surface area contributed by atoms with Gasteiger partial charge in [-0.3, -0.25) is 0 Å². The monoisotopic (exact) mass is 396 g/mol. The summed E-state index contributed by atoms with van der Waals surface area (Å²) in [6, 6.07) is 0. The van der Waals surface area contributed by atoms with Gasteiger partial charge in [-0.25, -0.2) is 9.78 Å². The first-order valence-electron chi connectivity index (χ1n) is 5.46. The molecule has 0 saturated carbocycles. The third kappa shape index (κ3) is 14.7. The summed E-state index contributed by atoms with van der Waals surface area (Å²) in [7, 11) is 0. The van der Waals surface area contributed by atoms with Gasteiger partial charge in [0.05, 0.1) is 12.7 Å². The lowest BCUT2D eigenvalue weighted by Gasteiger charge is -2.10. The highest BCUT2D eigenvalue weighted by molar-refractivity contribution is 9.09. The molecular formula is C9H18Br2O7. The highest BCUT2D eigenvalue weighted by Gasteiger charge is 2.03. The van der Waals surface area contributed by atoms with Gasteiger partial charge >= 0.3 is 0 Å². The summed E-state index contributed by atoms with van der Waals surface area (Å²) in [5.74, 6) is 0. The Morgan fingerprint density at radius 2 is 1.44 bits per heavy atom. The van der Waals surface area contributed by atoms with Gasteiger partial charge in [0.15, 0.2) is 0 Å². The fourth-order valence-electron chi connectivity index (χ4n) is 0.720. The number of ether oxygens (including phenoxy) is 1. The molecule has 0 aromatic carbocycles. The van der Waals surface area contributed by atoms with Crippen LogP contribution in [-0.2, 0) is 34.7 Å². The van der Waals surface area contributed by atoms with Crippen molar-refractivity contribution >= 4 is 31.9 Å². The third-order valence-corrected chi connectivity index (χ3v) is 2.65. The van der Waals surface area contributed by atoms with E-state index in [1.54, 1.807) is 0 Å². The molecule has 0 spiro atoms. The van der Waals surface area contributed by atoms with Crippen molar-refractivity contribution in [2.45, 2.75) is 25.9 Å². The van der Waals surface area contributed by atoms with Crippen molar-refractivity contribution in [1.29, 1.82) is 0 Å². The van der Waals surface area contributed by atoms with Crippen LogP contribution in [0.1, 0.15) is 19.8 Å². The van der Waals surface area contributed by atoms with Gasteiger partial charge in [0.2, 0.25) is 0 Å². The number of hydrogen-bond donors (Lipinski definition) is 0. The Morgan fingerprint density at radius 3 is 2.11 bits per heavy atom. The second-order valence-corrected chi connectivity index (χ2v) is 4.73. The van der Waals surface area contributed by atoms with Crippen molar-refractivity contribution < 1.29 is 34.7 Å². The summed E-state index contributed by atoms with van der Waals surface area (Å²) in [5, 5.41) is 18.1. The fraction of sp³-hybridized carbons (Fsp3) is 1.00. The van der Waals surface area contributed by atoms with Gasteiger partial charge in [-0.05, 0) is 39.9 Å². The van der Waals surface area contributed by atoms with Gasteiger partial charge in [-0.1, -0.05) is 31.9 Å². The fourth-order valence-corrected chi connectivity index (χ4v) is 1.18. The average Bonchev–Trinajstić information content (AvgIpc) is 2.37. The largest absolute Gasteiger partial charge is 0.376 e. The molecule has 0 heterocycles. The molecule has 110 valence electrons. The van der Waals surface area contributed by atoms with Crippen LogP contribution in [-0.4, -0.2) is 36.6 Å². The van der Waals surface area contributed by atoms with Gasteiger partial charge in [0.25, 0.3) is 0 Å². The van der Waals surface area contributed by atoms with Gasteiger partial charge < -0.3 is 4.74 Å². The molecule has 0 N–H and O–H groups in total. The van der Waals surface area contributed by atoms with E-state index >= 15 is 0 Å². The standard InChI is InChI=1S/C9H18Br2O7/c1-9(12-6-2-4-10)8-14-16-18-17-15-13-7-3-5-11/h9H,2-8H2,1H3. The molecule has 1 atom stereocenters. The van der Waals surface area contributed by atoms with Crippen LogP contribution in [0.3, 0.4) is 0 Å². The molecule has 0 saturated heterocycles. The van der Waals surface area contributed by atoms with Crippen LogP contribution in [0, 0.1) is 0 Å². The van der Waals surface area contributed by atoms with Crippen molar-refractivity contribution in [2.75, 3.05) is 30.5 Å². The van der Waals surface area contributed by atoms with Gasteiger partial charge in [-0.2, -0.15) is 0 Å². The van der Waals surface area contributed by atoms with E-state index in [1.165, 1.54) is 0 Å². The highest BCUT2D eigenvalue weighted by atomic mass is 79.9. The van der Waals surface area contributed by atoms with Crippen LogP contribution in [0.5, 0.6) is 0 Å². The molecule has 0 bridgehead atoms. The van der Waals surface area contributed by atoms with E-state index in [2.05, 4.69) is 61.8 Å². The van der Waals surface area contributed by atoms with E-state index in [0.717, 1.165) is 23.5 Å². The lowest BCUT2D eigenvalue weighted by atomic mass is 10.4. The molecule has 0 amide bonds. The smallest absolute Gasteiger partial charge is 0.111 e. The molecular weight excluding hydrogens is 380 g/mol. The maximum Gasteiger partial charge on any atom is 0.111 e. The Kier molecular flexibility index (Phi) is 16.3. The molecule has 9 heteroatoms. The molecule has 0 aliphatic heterocycles. The van der Waals surface area contributed by atoms with E-state index in [0.29, 0.717) is 13.2 Å². The SMILES string of the molecule is CC(COOOOOOCCCBr)OCCCBr. The average molecular weight is 398 g/mol. The molecule has 1 unspecified atom stereocenters. The summed E-state index contributed by atoms with van der Waals surface area (Å²) in [6.07, 6.45) is 1.61. The van der Waals surface area contributed by atoms with E-state index in [1.807, 2.05) is 6.92 Å². The third-order valence-electron chi connectivity index (χ3n) is 1.52. The number of halogens is 2. The number of alkyl halides is 2. The Bertz CT molecular complexity index is 164. The van der Waals surface area contributed by atoms with Crippen molar-refractivity contribution in [1.82, 2.24) is 0 Å². The first-order chi connectivity index (χ1) is 8.81. The molecule has 0 aliphatic carbocycles. The van der Waals surface area contributed by atoms with E-state index < -0.39 is 0 Å². The van der Waals surface area contributed by atoms with Crippen LogP contribution in [0.25, 0.3) is 0 Å². The summed E-state index contributed by atoms with van der Waals surface area (Å²) >= 11 is 6.52. The lowest BCUT2D eigenvalue weighted by Crippen LogP contribution is -2.17. The molecule has 0 aromatic rings. The zero-order chi connectivity index (χ0) is 13.5. The molecule has 0 rings (SSSR count). The van der Waals surface area contributed by atoms with E-state index in [9.17, 15) is 0 Å². The number of hydrogen-bond acceptors (Lipinski definition) is 7. The Hall–Kier alpha value is 0.680. The predicted octanol–water partition coefficient (Wildman–Crippen LogP) is 2.64. The van der Waals surface area contributed by atoms with Crippen molar-refractivity contribution in [3.8, 4) is 0 Å². The van der Waals surface area contributed by atoms with Gasteiger partial charge in [-0.15, -0.1) is 0 Å². The maximum absolute atomic E-state index is 5.36. The zero-order valence-corrected chi connectivity index (χ0v) is 13.3. The Balaban J connectivity index is 3.05. The minimum atomic E-state index is -0.108. The van der Waals surface area contributed by atoms with Gasteiger partial charge in [0.1, 0.15) is 6.61 Å². The van der Waals surface area contributed by atoms with E-state index in [-0.39, 0.29) is 12.7 Å². The first kappa shape index (κ1) is 18.7. The molecule has 0 aromatic heterocycles. The second-order valence-electron chi connectivity index (χ2n) is 3.15. The van der Waals surface area contributed by atoms with Crippen molar-refractivity contribution in [3.63, 3.8) is 0 Å². The Morgan fingerprint density at radius 1 is 0.833 bits per heavy atom. The minimum absolute atomic E-state index is 0.108. The van der Waals surface area contributed by atoms with Crippen LogP contribution in [0.2, 0.25) is 0 Å². The molecule has 7 nitrogen and oxygen atoms in total. The van der Waals surface area contributed by atoms with E-state index in [4.69, 9.17) is 4.74 Å². The summed E-state index contributed by atoms with van der Waals surface area (Å²) in [5.41, 5.74) is 0. The molecule has 18 heavy (non-hydrogen) atoms. The lowest BCUT2D eigenvalue weighted by molar-refractivity contribution is -0.757. The Labute approximate surface area is 123 Å². The van der Waals surface area contributed by atoms with Crippen molar-refractivity contribution in [2.24, 2.45) is 0 Å². The predicted molar refractivity (Wildman–Crippen MR) is 68.5 cm³/mol. The number of rotatable bonds is 14. The zero-order valence-electron chi connectivity index (χ0n) is 10.1. The summed E-state index contributed by atoms with van der Waals surface area (Å²) in [6.45, 7) is 3.07. The van der Waals surface area contributed by atoms with Gasteiger partial charge in [0, 0.05) is 17.3 Å². The normalized spacial score (nSPS) is 12.8. The molecule has 0 aliphatic rings. The summed E-state index contributed by atoms with van der Waals surface area (Å²) in [4.78, 5) is 9.15. The first-order valence-corrected chi connectivity index (χ1v) is 7.70.